The van der Waals surface area contributed by atoms with E-state index < -0.39 is 0 Å². The molecule has 0 N–H and O–H groups in total. The van der Waals surface area contributed by atoms with E-state index in [1.807, 2.05) is 62.4 Å². The van der Waals surface area contributed by atoms with Gasteiger partial charge in [0.1, 0.15) is 0 Å². The molecule has 1 aromatic rings. The summed E-state index contributed by atoms with van der Waals surface area (Å²) in [6, 6.07) is 9.82. The second-order valence-electron chi connectivity index (χ2n) is 3.29. The first-order valence-electron chi connectivity index (χ1n) is 5.18. The molecule has 0 saturated carbocycles. The Kier molecular flexibility index (Phi) is 4.93. The van der Waals surface area contributed by atoms with Crippen LogP contribution in [0.25, 0.3) is 0 Å². The zero-order chi connectivity index (χ0) is 11.8. The van der Waals surface area contributed by atoms with E-state index in [-0.39, 0.29) is 0 Å². The van der Waals surface area contributed by atoms with Crippen LogP contribution in [-0.4, -0.2) is 12.6 Å². The molecule has 0 unspecified atom stereocenters. The summed E-state index contributed by atoms with van der Waals surface area (Å²) in [6.45, 7) is 7.45. The highest BCUT2D eigenvalue weighted by atomic mass is 14.9. The van der Waals surface area contributed by atoms with Crippen LogP contribution >= 0.6 is 0 Å². The largest absolute Gasteiger partial charge is 0.245 e. The van der Waals surface area contributed by atoms with Crippen molar-refractivity contribution in [3.8, 4) is 0 Å². The summed E-state index contributed by atoms with van der Waals surface area (Å²) in [5, 5.41) is 0. The first-order valence-corrected chi connectivity index (χ1v) is 5.18. The highest BCUT2D eigenvalue weighted by molar-refractivity contribution is 6.01. The third-order valence-corrected chi connectivity index (χ3v) is 1.99. The number of benzene rings is 1. The van der Waals surface area contributed by atoms with Crippen molar-refractivity contribution in [3.63, 3.8) is 0 Å². The summed E-state index contributed by atoms with van der Waals surface area (Å²) in [6.07, 6.45) is 5.85. The average molecular weight is 212 g/mol. The number of aliphatic imine (C=N–C) groups is 2. The van der Waals surface area contributed by atoms with Crippen LogP contribution in [0.1, 0.15) is 19.4 Å². The molecule has 0 aliphatic heterocycles. The molecule has 16 heavy (non-hydrogen) atoms. The fourth-order valence-electron chi connectivity index (χ4n) is 1.22. The van der Waals surface area contributed by atoms with E-state index >= 15 is 0 Å². The smallest absolute Gasteiger partial charge is 0.158 e. The van der Waals surface area contributed by atoms with Crippen LogP contribution in [0, 0.1) is 0 Å². The van der Waals surface area contributed by atoms with Crippen molar-refractivity contribution in [1.82, 2.24) is 0 Å². The maximum Gasteiger partial charge on any atom is 0.158 e. The fraction of sp³-hybridized carbons (Fsp3) is 0.143. The van der Waals surface area contributed by atoms with Gasteiger partial charge in [0.2, 0.25) is 0 Å². The van der Waals surface area contributed by atoms with E-state index in [9.17, 15) is 0 Å². The quantitative estimate of drug-likeness (QED) is 0.415. The molecule has 0 fully saturated rings. The molecule has 1 rings (SSSR count). The molecular weight excluding hydrogens is 196 g/mol. The Bertz CT molecular complexity index is 425. The van der Waals surface area contributed by atoms with Crippen LogP contribution in [0.4, 0.5) is 0 Å². The lowest BCUT2D eigenvalue weighted by Gasteiger charge is -2.00. The van der Waals surface area contributed by atoms with E-state index in [0.29, 0.717) is 5.84 Å². The molecule has 1 aromatic carbocycles. The minimum atomic E-state index is 0.652. The summed E-state index contributed by atoms with van der Waals surface area (Å²) in [4.78, 5) is 8.34. The number of hydrogen-bond acceptors (Lipinski definition) is 1. The van der Waals surface area contributed by atoms with E-state index in [4.69, 9.17) is 0 Å². The molecule has 0 heterocycles. The molecule has 0 aromatic heterocycles. The lowest BCUT2D eigenvalue weighted by Crippen LogP contribution is -1.96. The van der Waals surface area contributed by atoms with E-state index in [2.05, 4.69) is 16.7 Å². The van der Waals surface area contributed by atoms with Crippen LogP contribution in [0.5, 0.6) is 0 Å². The molecular formula is C14H16N2. The maximum absolute atomic E-state index is 4.40. The van der Waals surface area contributed by atoms with Gasteiger partial charge in [0.05, 0.1) is 0 Å². The first-order chi connectivity index (χ1) is 7.77. The predicted octanol–water partition coefficient (Wildman–Crippen LogP) is 3.61. The zero-order valence-corrected chi connectivity index (χ0v) is 9.72. The molecule has 2 heteroatoms. The van der Waals surface area contributed by atoms with Crippen molar-refractivity contribution >= 4 is 12.6 Å². The summed E-state index contributed by atoms with van der Waals surface area (Å²) in [5.74, 6) is 0.652. The molecule has 0 aliphatic carbocycles. The summed E-state index contributed by atoms with van der Waals surface area (Å²) < 4.78 is 0. The van der Waals surface area contributed by atoms with Gasteiger partial charge in [-0.3, -0.25) is 0 Å². The van der Waals surface area contributed by atoms with Gasteiger partial charge in [-0.2, -0.15) is 0 Å². The van der Waals surface area contributed by atoms with Crippen molar-refractivity contribution < 1.29 is 0 Å². The SMILES string of the molecule is C=N/C(=N/C(C)=C/C=C\C)c1ccccc1. The Morgan fingerprint density at radius 1 is 1.25 bits per heavy atom. The van der Waals surface area contributed by atoms with E-state index in [0.717, 1.165) is 11.3 Å². The highest BCUT2D eigenvalue weighted by Crippen LogP contribution is 2.06. The zero-order valence-electron chi connectivity index (χ0n) is 9.72. The van der Waals surface area contributed by atoms with Gasteiger partial charge >= 0.3 is 0 Å². The third kappa shape index (κ3) is 3.65. The topological polar surface area (TPSA) is 24.7 Å². The molecule has 0 aliphatic rings. The molecule has 82 valence electrons. The molecule has 0 amide bonds. The Morgan fingerprint density at radius 3 is 2.50 bits per heavy atom. The Labute approximate surface area is 96.8 Å². The predicted molar refractivity (Wildman–Crippen MR) is 71.1 cm³/mol. The van der Waals surface area contributed by atoms with Gasteiger partial charge in [0.25, 0.3) is 0 Å². The van der Waals surface area contributed by atoms with E-state index in [1.54, 1.807) is 0 Å². The van der Waals surface area contributed by atoms with Gasteiger partial charge < -0.3 is 0 Å². The number of allylic oxidation sites excluding steroid dienone is 4. The van der Waals surface area contributed by atoms with Gasteiger partial charge in [0.15, 0.2) is 5.84 Å². The molecule has 0 radical (unpaired) electrons. The Balaban J connectivity index is 2.99. The van der Waals surface area contributed by atoms with Gasteiger partial charge in [0, 0.05) is 11.3 Å². The average Bonchev–Trinajstić information content (AvgIpc) is 2.34. The number of hydrogen-bond donors (Lipinski definition) is 0. The maximum atomic E-state index is 4.40. The molecule has 0 atom stereocenters. The summed E-state index contributed by atoms with van der Waals surface area (Å²) in [5.41, 5.74) is 1.88. The molecule has 0 saturated heterocycles. The molecule has 0 spiro atoms. The number of rotatable bonds is 3. The van der Waals surface area contributed by atoms with Crippen molar-refractivity contribution in [2.45, 2.75) is 13.8 Å². The second kappa shape index (κ2) is 6.51. The highest BCUT2D eigenvalue weighted by Gasteiger charge is 1.98. The van der Waals surface area contributed by atoms with Crippen LogP contribution in [0.15, 0.2) is 64.2 Å². The second-order valence-corrected chi connectivity index (χ2v) is 3.29. The monoisotopic (exact) mass is 212 g/mol. The first kappa shape index (κ1) is 12.1. The third-order valence-electron chi connectivity index (χ3n) is 1.99. The fourth-order valence-corrected chi connectivity index (χ4v) is 1.22. The van der Waals surface area contributed by atoms with Gasteiger partial charge in [-0.15, -0.1) is 0 Å². The lowest BCUT2D eigenvalue weighted by atomic mass is 10.2. The van der Waals surface area contributed by atoms with Crippen molar-refractivity contribution in [1.29, 1.82) is 0 Å². The van der Waals surface area contributed by atoms with Crippen LogP contribution < -0.4 is 0 Å². The summed E-state index contributed by atoms with van der Waals surface area (Å²) in [7, 11) is 0. The van der Waals surface area contributed by atoms with Crippen molar-refractivity contribution in [2.24, 2.45) is 9.98 Å². The van der Waals surface area contributed by atoms with Gasteiger partial charge in [-0.05, 0) is 26.6 Å². The minimum absolute atomic E-state index is 0.652. The van der Waals surface area contributed by atoms with Gasteiger partial charge in [-0.1, -0.05) is 42.5 Å². The lowest BCUT2D eigenvalue weighted by molar-refractivity contribution is 1.28. The standard InChI is InChI=1S/C14H16N2/c1-4-5-9-12(2)16-14(15-3)13-10-7-6-8-11-13/h4-11H,3H2,1-2H3/b5-4-,12-9+,16-14+. The van der Waals surface area contributed by atoms with E-state index in [1.165, 1.54) is 0 Å². The molecule has 2 nitrogen and oxygen atoms in total. The van der Waals surface area contributed by atoms with Crippen molar-refractivity contribution in [3.05, 3.63) is 59.8 Å². The normalized spacial score (nSPS) is 13.1. The summed E-state index contributed by atoms with van der Waals surface area (Å²) >= 11 is 0. The van der Waals surface area contributed by atoms with Crippen LogP contribution in [0.3, 0.4) is 0 Å². The number of nitrogens with zero attached hydrogens (tertiary/aromatic N) is 2. The minimum Gasteiger partial charge on any atom is -0.245 e. The number of amidine groups is 1. The van der Waals surface area contributed by atoms with Crippen LogP contribution in [0.2, 0.25) is 0 Å². The van der Waals surface area contributed by atoms with Crippen molar-refractivity contribution in [2.75, 3.05) is 0 Å². The Morgan fingerprint density at radius 2 is 1.94 bits per heavy atom. The van der Waals surface area contributed by atoms with Gasteiger partial charge in [-0.25, -0.2) is 9.98 Å². The van der Waals surface area contributed by atoms with Crippen LogP contribution in [-0.2, 0) is 0 Å². The molecule has 0 bridgehead atoms. The Hall–Kier alpha value is -1.96.